The van der Waals surface area contributed by atoms with Crippen molar-refractivity contribution in [3.63, 3.8) is 0 Å². The molecular formula is C10H16FNO4. The first-order valence-electron chi connectivity index (χ1n) is 5.05. The third-order valence-electron chi connectivity index (χ3n) is 2.22. The third-order valence-corrected chi connectivity index (χ3v) is 2.22. The molecule has 92 valence electrons. The summed E-state index contributed by atoms with van der Waals surface area (Å²) in [5.41, 5.74) is -0.662. The summed E-state index contributed by atoms with van der Waals surface area (Å²) in [6, 6.07) is 0. The minimum Gasteiger partial charge on any atom is -0.481 e. The van der Waals surface area contributed by atoms with Gasteiger partial charge in [0.2, 0.25) is 0 Å². The lowest BCUT2D eigenvalue weighted by atomic mass is 10.1. The Morgan fingerprint density at radius 2 is 1.94 bits per heavy atom. The SMILES string of the molecule is CC(C)(C)OC(=O)N1C[C@H](C(=O)O)[C@@H](F)C1. The first-order valence-corrected chi connectivity index (χ1v) is 5.05. The van der Waals surface area contributed by atoms with Crippen LogP contribution in [-0.4, -0.2) is 46.9 Å². The molecule has 0 spiro atoms. The molecule has 0 aliphatic carbocycles. The number of ether oxygens (including phenoxy) is 1. The first kappa shape index (κ1) is 12.7. The Kier molecular flexibility index (Phi) is 3.40. The summed E-state index contributed by atoms with van der Waals surface area (Å²) >= 11 is 0. The number of amides is 1. The Morgan fingerprint density at radius 3 is 2.31 bits per heavy atom. The van der Waals surface area contributed by atoms with Gasteiger partial charge in [0.1, 0.15) is 17.7 Å². The van der Waals surface area contributed by atoms with E-state index in [2.05, 4.69) is 0 Å². The highest BCUT2D eigenvalue weighted by atomic mass is 19.1. The molecule has 1 rings (SSSR count). The highest BCUT2D eigenvalue weighted by Crippen LogP contribution is 2.22. The lowest BCUT2D eigenvalue weighted by Crippen LogP contribution is -2.36. The predicted molar refractivity (Wildman–Crippen MR) is 53.8 cm³/mol. The van der Waals surface area contributed by atoms with Gasteiger partial charge < -0.3 is 14.7 Å². The smallest absolute Gasteiger partial charge is 0.410 e. The largest absolute Gasteiger partial charge is 0.481 e. The van der Waals surface area contributed by atoms with Crippen LogP contribution in [0.1, 0.15) is 20.8 Å². The van der Waals surface area contributed by atoms with E-state index < -0.39 is 29.8 Å². The fraction of sp³-hybridized carbons (Fsp3) is 0.800. The van der Waals surface area contributed by atoms with Crippen LogP contribution in [0.5, 0.6) is 0 Å². The topological polar surface area (TPSA) is 66.8 Å². The van der Waals surface area contributed by atoms with E-state index in [0.717, 1.165) is 4.90 Å². The molecule has 1 N–H and O–H groups in total. The maximum absolute atomic E-state index is 13.3. The average Bonchev–Trinajstić information content (AvgIpc) is 2.44. The van der Waals surface area contributed by atoms with Gasteiger partial charge in [0.05, 0.1) is 6.54 Å². The van der Waals surface area contributed by atoms with E-state index in [1.54, 1.807) is 20.8 Å². The molecule has 0 aromatic carbocycles. The van der Waals surface area contributed by atoms with Gasteiger partial charge in [-0.1, -0.05) is 0 Å². The van der Waals surface area contributed by atoms with Crippen molar-refractivity contribution >= 4 is 12.1 Å². The Morgan fingerprint density at radius 1 is 1.38 bits per heavy atom. The molecule has 0 bridgehead atoms. The average molecular weight is 233 g/mol. The maximum Gasteiger partial charge on any atom is 0.410 e. The molecule has 1 aliphatic rings. The predicted octanol–water partition coefficient (Wildman–Crippen LogP) is 1.28. The molecule has 0 unspecified atom stereocenters. The van der Waals surface area contributed by atoms with Crippen molar-refractivity contribution in [2.75, 3.05) is 13.1 Å². The van der Waals surface area contributed by atoms with Crippen LogP contribution in [0.2, 0.25) is 0 Å². The number of carboxylic acid groups (broad SMARTS) is 1. The van der Waals surface area contributed by atoms with Gasteiger partial charge >= 0.3 is 12.1 Å². The van der Waals surface area contributed by atoms with E-state index in [9.17, 15) is 14.0 Å². The number of aliphatic carboxylic acids is 1. The summed E-state index contributed by atoms with van der Waals surface area (Å²) in [6.45, 7) is 4.74. The molecule has 5 nitrogen and oxygen atoms in total. The van der Waals surface area contributed by atoms with E-state index in [1.165, 1.54) is 0 Å². The molecule has 6 heteroatoms. The van der Waals surface area contributed by atoms with Crippen molar-refractivity contribution in [1.29, 1.82) is 0 Å². The normalized spacial score (nSPS) is 25.6. The van der Waals surface area contributed by atoms with Gasteiger partial charge in [-0.25, -0.2) is 9.18 Å². The van der Waals surface area contributed by atoms with Crippen LogP contribution in [0.15, 0.2) is 0 Å². The number of alkyl halides is 1. The van der Waals surface area contributed by atoms with Crippen molar-refractivity contribution in [3.8, 4) is 0 Å². The molecule has 1 saturated heterocycles. The van der Waals surface area contributed by atoms with Gasteiger partial charge in [-0.05, 0) is 20.8 Å². The van der Waals surface area contributed by atoms with E-state index in [1.807, 2.05) is 0 Å². The molecule has 1 heterocycles. The molecule has 0 saturated carbocycles. The lowest BCUT2D eigenvalue weighted by Gasteiger charge is -2.24. The first-order chi connectivity index (χ1) is 7.20. The second kappa shape index (κ2) is 4.27. The molecule has 0 aromatic rings. The summed E-state index contributed by atoms with van der Waals surface area (Å²) < 4.78 is 18.3. The zero-order chi connectivity index (χ0) is 12.5. The van der Waals surface area contributed by atoms with Gasteiger partial charge in [-0.15, -0.1) is 0 Å². The molecule has 2 atom stereocenters. The van der Waals surface area contributed by atoms with Gasteiger partial charge in [-0.3, -0.25) is 4.79 Å². The van der Waals surface area contributed by atoms with E-state index in [0.29, 0.717) is 0 Å². The molecule has 1 fully saturated rings. The Balaban J connectivity index is 2.58. The van der Waals surface area contributed by atoms with E-state index in [-0.39, 0.29) is 13.1 Å². The summed E-state index contributed by atoms with van der Waals surface area (Å²) in [4.78, 5) is 23.3. The number of likely N-dealkylation sites (tertiary alicyclic amines) is 1. The van der Waals surface area contributed by atoms with Crippen LogP contribution < -0.4 is 0 Å². The Labute approximate surface area is 93.2 Å². The quantitative estimate of drug-likeness (QED) is 0.740. The van der Waals surface area contributed by atoms with E-state index in [4.69, 9.17) is 9.84 Å². The number of carbonyl (C=O) groups is 2. The summed E-state index contributed by atoms with van der Waals surface area (Å²) in [5, 5.41) is 8.70. The van der Waals surface area contributed by atoms with Gasteiger partial charge in [-0.2, -0.15) is 0 Å². The molecule has 1 aliphatic heterocycles. The highest BCUT2D eigenvalue weighted by Gasteiger charge is 2.41. The zero-order valence-corrected chi connectivity index (χ0v) is 9.57. The summed E-state index contributed by atoms with van der Waals surface area (Å²) in [7, 11) is 0. The number of hydrogen-bond donors (Lipinski definition) is 1. The van der Waals surface area contributed by atoms with Crippen molar-refractivity contribution in [2.24, 2.45) is 5.92 Å². The van der Waals surface area contributed by atoms with Crippen molar-refractivity contribution in [2.45, 2.75) is 32.5 Å². The second-order valence-electron chi connectivity index (χ2n) is 4.85. The third kappa shape index (κ3) is 3.08. The van der Waals surface area contributed by atoms with Crippen molar-refractivity contribution in [3.05, 3.63) is 0 Å². The van der Waals surface area contributed by atoms with Crippen LogP contribution in [0, 0.1) is 5.92 Å². The molecule has 1 amide bonds. The van der Waals surface area contributed by atoms with E-state index >= 15 is 0 Å². The summed E-state index contributed by atoms with van der Waals surface area (Å²) in [6.07, 6.45) is -2.19. The highest BCUT2D eigenvalue weighted by molar-refractivity contribution is 5.75. The monoisotopic (exact) mass is 233 g/mol. The van der Waals surface area contributed by atoms with Gasteiger partial charge in [0.25, 0.3) is 0 Å². The second-order valence-corrected chi connectivity index (χ2v) is 4.85. The number of carbonyl (C=O) groups excluding carboxylic acids is 1. The number of halogens is 1. The molecule has 16 heavy (non-hydrogen) atoms. The number of rotatable bonds is 1. The molecule has 0 radical (unpaired) electrons. The number of hydrogen-bond acceptors (Lipinski definition) is 3. The minimum absolute atomic E-state index is 0.134. The molecule has 0 aromatic heterocycles. The number of carboxylic acids is 1. The maximum atomic E-state index is 13.3. The van der Waals surface area contributed by atoms with Crippen molar-refractivity contribution in [1.82, 2.24) is 4.90 Å². The fourth-order valence-electron chi connectivity index (χ4n) is 1.47. The van der Waals surface area contributed by atoms with Gasteiger partial charge in [0.15, 0.2) is 0 Å². The number of nitrogens with zero attached hydrogens (tertiary/aromatic N) is 1. The fourth-order valence-corrected chi connectivity index (χ4v) is 1.47. The minimum atomic E-state index is -1.52. The van der Waals surface area contributed by atoms with Crippen LogP contribution in [0.3, 0.4) is 0 Å². The van der Waals surface area contributed by atoms with Crippen LogP contribution in [0.25, 0.3) is 0 Å². The van der Waals surface area contributed by atoms with Crippen LogP contribution >= 0.6 is 0 Å². The summed E-state index contributed by atoms with van der Waals surface area (Å²) in [5.74, 6) is -2.37. The lowest BCUT2D eigenvalue weighted by molar-refractivity contribution is -0.142. The molecular weight excluding hydrogens is 217 g/mol. The van der Waals surface area contributed by atoms with Crippen LogP contribution in [0.4, 0.5) is 9.18 Å². The standard InChI is InChI=1S/C10H16FNO4/c1-10(2,3)16-9(15)12-4-6(8(13)14)7(11)5-12/h6-7H,4-5H2,1-3H3,(H,13,14)/t6-,7-/m0/s1. The van der Waals surface area contributed by atoms with Crippen molar-refractivity contribution < 1.29 is 23.8 Å². The van der Waals surface area contributed by atoms with Crippen LogP contribution in [-0.2, 0) is 9.53 Å². The van der Waals surface area contributed by atoms with Gasteiger partial charge in [0, 0.05) is 6.54 Å². The Bertz CT molecular complexity index is 300. The zero-order valence-electron chi connectivity index (χ0n) is 9.57. The Hall–Kier alpha value is -1.33.